The molecule has 4 rings (SSSR count). The molecule has 7 atom stereocenters. The molecular weight excluding hydrogens is 336 g/mol. The van der Waals surface area contributed by atoms with Crippen LogP contribution in [0.1, 0.15) is 65.7 Å². The third kappa shape index (κ3) is 1.98. The van der Waals surface area contributed by atoms with Crippen molar-refractivity contribution in [2.75, 3.05) is 6.61 Å². The number of halogens is 1. The Morgan fingerprint density at radius 1 is 1.23 bits per heavy atom. The zero-order valence-electron chi connectivity index (χ0n) is 14.4. The number of aliphatic hydroxyl groups excluding tert-OH is 1. The van der Waals surface area contributed by atoms with Gasteiger partial charge in [0.15, 0.2) is 0 Å². The van der Waals surface area contributed by atoms with E-state index in [0.29, 0.717) is 10.8 Å². The van der Waals surface area contributed by atoms with Crippen LogP contribution >= 0.6 is 15.9 Å². The Hall–Kier alpha value is 0.180. The molecule has 22 heavy (non-hydrogen) atoms. The summed E-state index contributed by atoms with van der Waals surface area (Å²) in [5.41, 5.74) is 3.19. The number of hydrogen-bond acceptors (Lipinski definition) is 1. The van der Waals surface area contributed by atoms with Gasteiger partial charge in [0.2, 0.25) is 0 Å². The molecule has 0 aromatic rings. The number of fused-ring (bicyclic) bond motifs is 5. The summed E-state index contributed by atoms with van der Waals surface area (Å²) in [5, 5.41) is 9.59. The zero-order valence-corrected chi connectivity index (χ0v) is 16.0. The summed E-state index contributed by atoms with van der Waals surface area (Å²) in [6.07, 6.45) is 12.2. The largest absolute Gasteiger partial charge is 0.395 e. The summed E-state index contributed by atoms with van der Waals surface area (Å²) in [5.74, 6) is 2.74. The molecule has 0 radical (unpaired) electrons. The molecule has 0 unspecified atom stereocenters. The van der Waals surface area contributed by atoms with E-state index < -0.39 is 0 Å². The van der Waals surface area contributed by atoms with E-state index in [2.05, 4.69) is 42.8 Å². The maximum Gasteiger partial charge on any atom is 0.0561 e. The standard InChI is InChI=1S/C20H31BrO/c1-18(17(21)12-22)8-7-15-13(10-18)4-5-16-19(15,2)9-6-14-11-20(14,16)3/h7,13-14,16-17,22H,4-6,8-12H2,1-3H3/t13-,14+,16-,17+,18+,19-,20-/m0/s1. The highest BCUT2D eigenvalue weighted by Crippen LogP contribution is 2.73. The second kappa shape index (κ2) is 4.85. The summed E-state index contributed by atoms with van der Waals surface area (Å²) in [7, 11) is 0. The zero-order chi connectivity index (χ0) is 15.8. The van der Waals surface area contributed by atoms with Crippen molar-refractivity contribution >= 4 is 15.9 Å². The highest BCUT2D eigenvalue weighted by Gasteiger charge is 2.65. The van der Waals surface area contributed by atoms with E-state index >= 15 is 0 Å². The average Bonchev–Trinajstić information content (AvgIpc) is 3.17. The molecule has 0 amide bonds. The number of rotatable bonds is 2. The van der Waals surface area contributed by atoms with Gasteiger partial charge < -0.3 is 5.11 Å². The molecule has 1 N–H and O–H groups in total. The summed E-state index contributed by atoms with van der Waals surface area (Å²) < 4.78 is 0. The second-order valence-electron chi connectivity index (χ2n) is 9.56. The molecule has 1 nitrogen and oxygen atoms in total. The predicted molar refractivity (Wildman–Crippen MR) is 95.0 cm³/mol. The van der Waals surface area contributed by atoms with Gasteiger partial charge in [0.25, 0.3) is 0 Å². The molecule has 0 heterocycles. The topological polar surface area (TPSA) is 20.2 Å². The monoisotopic (exact) mass is 366 g/mol. The number of allylic oxidation sites excluding steroid dienone is 2. The average molecular weight is 367 g/mol. The Bertz CT molecular complexity index is 514. The molecule has 0 bridgehead atoms. The fraction of sp³-hybridized carbons (Fsp3) is 0.900. The summed E-state index contributed by atoms with van der Waals surface area (Å²) in [6.45, 7) is 7.79. The van der Waals surface area contributed by atoms with Crippen LogP contribution in [0.2, 0.25) is 0 Å². The smallest absolute Gasteiger partial charge is 0.0561 e. The third-order valence-corrected chi connectivity index (χ3v) is 9.75. The van der Waals surface area contributed by atoms with Gasteiger partial charge in [-0.15, -0.1) is 0 Å². The van der Waals surface area contributed by atoms with Gasteiger partial charge in [0, 0.05) is 4.83 Å². The minimum atomic E-state index is 0.229. The predicted octanol–water partition coefficient (Wildman–Crippen LogP) is 5.32. The molecule has 124 valence electrons. The highest BCUT2D eigenvalue weighted by atomic mass is 79.9. The highest BCUT2D eigenvalue weighted by molar-refractivity contribution is 9.09. The van der Waals surface area contributed by atoms with Crippen LogP contribution in [0.4, 0.5) is 0 Å². The van der Waals surface area contributed by atoms with E-state index in [1.165, 1.54) is 38.5 Å². The fourth-order valence-corrected chi connectivity index (χ4v) is 7.14. The first-order valence-corrected chi connectivity index (χ1v) is 10.2. The quantitative estimate of drug-likeness (QED) is 0.517. The van der Waals surface area contributed by atoms with Crippen LogP contribution in [-0.4, -0.2) is 16.5 Å². The van der Waals surface area contributed by atoms with Gasteiger partial charge in [0.05, 0.1) is 6.61 Å². The van der Waals surface area contributed by atoms with E-state index in [-0.39, 0.29) is 16.8 Å². The summed E-state index contributed by atoms with van der Waals surface area (Å²) in [4.78, 5) is 0.236. The molecule has 3 fully saturated rings. The molecular formula is C20H31BrO. The van der Waals surface area contributed by atoms with Crippen LogP contribution in [0.15, 0.2) is 11.6 Å². The molecule has 3 saturated carbocycles. The van der Waals surface area contributed by atoms with Gasteiger partial charge in [-0.25, -0.2) is 0 Å². The lowest BCUT2D eigenvalue weighted by Gasteiger charge is -2.56. The molecule has 2 heteroatoms. The minimum absolute atomic E-state index is 0.229. The molecule has 0 aromatic carbocycles. The minimum Gasteiger partial charge on any atom is -0.395 e. The Morgan fingerprint density at radius 3 is 2.73 bits per heavy atom. The van der Waals surface area contributed by atoms with Crippen LogP contribution < -0.4 is 0 Å². The van der Waals surface area contributed by atoms with E-state index in [0.717, 1.165) is 24.2 Å². The Balaban J connectivity index is 1.65. The van der Waals surface area contributed by atoms with Crippen molar-refractivity contribution in [2.45, 2.75) is 70.5 Å². The number of alkyl halides is 1. The number of aliphatic hydroxyl groups is 1. The SMILES string of the molecule is C[C@@]1([C@H](Br)CO)CC=C2[C@@H](CC[C@@H]3[C@@]4(C)C[C@H]4CC[C@@]23C)C1. The van der Waals surface area contributed by atoms with E-state index in [1.807, 2.05) is 5.57 Å². The molecule has 0 spiro atoms. The maximum absolute atomic E-state index is 9.59. The van der Waals surface area contributed by atoms with E-state index in [4.69, 9.17) is 0 Å². The fourth-order valence-electron chi connectivity index (χ4n) is 6.77. The van der Waals surface area contributed by atoms with Gasteiger partial charge in [-0.05, 0) is 78.9 Å². The van der Waals surface area contributed by atoms with Crippen LogP contribution in [0.5, 0.6) is 0 Å². The van der Waals surface area contributed by atoms with E-state index in [1.54, 1.807) is 0 Å². The third-order valence-electron chi connectivity index (χ3n) is 8.36. The Labute approximate surface area is 144 Å². The van der Waals surface area contributed by atoms with E-state index in [9.17, 15) is 5.11 Å². The Kier molecular flexibility index (Phi) is 3.46. The number of hydrogen-bond donors (Lipinski definition) is 1. The van der Waals surface area contributed by atoms with Gasteiger partial charge in [-0.3, -0.25) is 0 Å². The molecule has 0 saturated heterocycles. The molecule has 4 aliphatic carbocycles. The Morgan fingerprint density at radius 2 is 2.00 bits per heavy atom. The van der Waals surface area contributed by atoms with Crippen LogP contribution in [0, 0.1) is 34.0 Å². The van der Waals surface area contributed by atoms with Crippen molar-refractivity contribution in [2.24, 2.45) is 34.0 Å². The lowest BCUT2D eigenvalue weighted by molar-refractivity contribution is 0.0240. The second-order valence-corrected chi connectivity index (χ2v) is 10.7. The van der Waals surface area contributed by atoms with Crippen LogP contribution in [0.25, 0.3) is 0 Å². The van der Waals surface area contributed by atoms with Gasteiger partial charge in [0.1, 0.15) is 0 Å². The normalized spacial score (nSPS) is 54.6. The first-order valence-electron chi connectivity index (χ1n) is 9.29. The van der Waals surface area contributed by atoms with Gasteiger partial charge in [-0.1, -0.05) is 48.4 Å². The lowest BCUT2D eigenvalue weighted by atomic mass is 9.49. The summed E-state index contributed by atoms with van der Waals surface area (Å²) in [6, 6.07) is 0. The summed E-state index contributed by atoms with van der Waals surface area (Å²) >= 11 is 3.74. The van der Waals surface area contributed by atoms with Crippen molar-refractivity contribution in [1.29, 1.82) is 0 Å². The molecule has 0 aliphatic heterocycles. The van der Waals surface area contributed by atoms with Crippen molar-refractivity contribution in [3.63, 3.8) is 0 Å². The van der Waals surface area contributed by atoms with Crippen molar-refractivity contribution in [3.8, 4) is 0 Å². The molecule has 0 aromatic heterocycles. The van der Waals surface area contributed by atoms with Crippen LogP contribution in [-0.2, 0) is 0 Å². The first kappa shape index (κ1) is 15.7. The van der Waals surface area contributed by atoms with Crippen molar-refractivity contribution in [1.82, 2.24) is 0 Å². The van der Waals surface area contributed by atoms with Crippen molar-refractivity contribution in [3.05, 3.63) is 11.6 Å². The lowest BCUT2D eigenvalue weighted by Crippen LogP contribution is -2.47. The molecule has 4 aliphatic rings. The van der Waals surface area contributed by atoms with Crippen LogP contribution in [0.3, 0.4) is 0 Å². The van der Waals surface area contributed by atoms with Crippen molar-refractivity contribution < 1.29 is 5.11 Å². The first-order chi connectivity index (χ1) is 10.3. The van der Waals surface area contributed by atoms with Gasteiger partial charge in [-0.2, -0.15) is 0 Å². The van der Waals surface area contributed by atoms with Gasteiger partial charge >= 0.3 is 0 Å². The maximum atomic E-state index is 9.59.